The van der Waals surface area contributed by atoms with Gasteiger partial charge in [0.05, 0.1) is 6.20 Å². The van der Waals surface area contributed by atoms with Crippen molar-refractivity contribution in [3.05, 3.63) is 35.8 Å². The van der Waals surface area contributed by atoms with E-state index in [0.717, 1.165) is 24.2 Å². The van der Waals surface area contributed by atoms with E-state index in [1.54, 1.807) is 6.20 Å². The van der Waals surface area contributed by atoms with Gasteiger partial charge in [-0.05, 0) is 43.7 Å². The minimum atomic E-state index is 0.576. The highest BCUT2D eigenvalue weighted by molar-refractivity contribution is 5.37. The van der Waals surface area contributed by atoms with Gasteiger partial charge in [0.2, 0.25) is 0 Å². The summed E-state index contributed by atoms with van der Waals surface area (Å²) >= 11 is 0. The van der Waals surface area contributed by atoms with Crippen LogP contribution >= 0.6 is 0 Å². The summed E-state index contributed by atoms with van der Waals surface area (Å²) in [6, 6.07) is 4.61. The quantitative estimate of drug-likeness (QED) is 0.858. The molecule has 2 fully saturated rings. The molecule has 0 amide bonds. The van der Waals surface area contributed by atoms with Crippen LogP contribution in [0.4, 0.5) is 5.82 Å². The molecule has 24 heavy (non-hydrogen) atoms. The van der Waals surface area contributed by atoms with Crippen LogP contribution in [0.2, 0.25) is 0 Å². The molecule has 0 radical (unpaired) electrons. The molecule has 1 saturated carbocycles. The molecule has 0 N–H and O–H groups in total. The first-order valence-electron chi connectivity index (χ1n) is 8.84. The Hall–Kier alpha value is -1.95. The fourth-order valence-corrected chi connectivity index (χ4v) is 4.53. The Morgan fingerprint density at radius 3 is 2.88 bits per heavy atom. The third kappa shape index (κ3) is 2.69. The van der Waals surface area contributed by atoms with Crippen molar-refractivity contribution in [1.29, 1.82) is 0 Å². The molecule has 0 bridgehead atoms. The third-order valence-corrected chi connectivity index (χ3v) is 6.04. The van der Waals surface area contributed by atoms with E-state index in [1.165, 1.54) is 37.2 Å². The van der Waals surface area contributed by atoms with E-state index >= 15 is 0 Å². The molecular weight excluding hydrogens is 300 g/mol. The molecule has 6 heteroatoms. The van der Waals surface area contributed by atoms with Crippen LogP contribution in [0.1, 0.15) is 24.1 Å². The lowest BCUT2D eigenvalue weighted by Crippen LogP contribution is -2.38. The zero-order valence-corrected chi connectivity index (χ0v) is 14.8. The number of rotatable bonds is 4. The molecule has 1 aliphatic carbocycles. The minimum absolute atomic E-state index is 0.576. The Kier molecular flexibility index (Phi) is 4.00. The second-order valence-corrected chi connectivity index (χ2v) is 7.33. The average Bonchev–Trinajstić information content (AvgIpc) is 3.25. The van der Waals surface area contributed by atoms with E-state index in [9.17, 15) is 0 Å². The fraction of sp³-hybridized carbons (Fsp3) is 0.611. The Balaban J connectivity index is 1.44. The largest absolute Gasteiger partial charge is 0.355 e. The molecule has 0 unspecified atom stereocenters. The molecule has 6 nitrogen and oxygen atoms in total. The first-order valence-corrected chi connectivity index (χ1v) is 8.84. The Morgan fingerprint density at radius 2 is 2.17 bits per heavy atom. The topological polar surface area (TPSA) is 50.1 Å². The number of nitrogens with zero attached hydrogens (tertiary/aromatic N) is 6. The molecule has 1 saturated heterocycles. The van der Waals surface area contributed by atoms with E-state index < -0.39 is 0 Å². The maximum Gasteiger partial charge on any atom is 0.151 e. The monoisotopic (exact) mass is 326 g/mol. The Labute approximate surface area is 143 Å². The maximum atomic E-state index is 4.38. The van der Waals surface area contributed by atoms with E-state index in [4.69, 9.17) is 0 Å². The molecule has 3 atom stereocenters. The molecule has 0 aromatic carbocycles. The Morgan fingerprint density at radius 1 is 1.29 bits per heavy atom. The van der Waals surface area contributed by atoms with Crippen LogP contribution in [-0.2, 0) is 13.6 Å². The summed E-state index contributed by atoms with van der Waals surface area (Å²) in [5, 5.41) is 12.7. The van der Waals surface area contributed by atoms with Gasteiger partial charge in [0.15, 0.2) is 5.82 Å². The minimum Gasteiger partial charge on any atom is -0.355 e. The molecule has 4 rings (SSSR count). The lowest BCUT2D eigenvalue weighted by atomic mass is 9.97. The van der Waals surface area contributed by atoms with E-state index in [1.807, 2.05) is 24.0 Å². The zero-order valence-electron chi connectivity index (χ0n) is 14.8. The lowest BCUT2D eigenvalue weighted by Gasteiger charge is -2.30. The number of aromatic nitrogens is 4. The lowest BCUT2D eigenvalue weighted by molar-refractivity contribution is 0.296. The van der Waals surface area contributed by atoms with Crippen LogP contribution in [-0.4, -0.2) is 51.1 Å². The number of likely N-dealkylation sites (tertiary alicyclic amines) is 1. The van der Waals surface area contributed by atoms with Crippen LogP contribution in [0, 0.1) is 18.8 Å². The summed E-state index contributed by atoms with van der Waals surface area (Å²) in [5.41, 5.74) is 2.64. The van der Waals surface area contributed by atoms with Gasteiger partial charge in [0.1, 0.15) is 0 Å². The van der Waals surface area contributed by atoms with Gasteiger partial charge in [-0.2, -0.15) is 10.2 Å². The van der Waals surface area contributed by atoms with Crippen LogP contribution in [0.3, 0.4) is 0 Å². The number of aryl methyl sites for hydroxylation is 1. The molecule has 0 spiro atoms. The van der Waals surface area contributed by atoms with Gasteiger partial charge in [0, 0.05) is 57.2 Å². The van der Waals surface area contributed by atoms with Crippen molar-refractivity contribution >= 4 is 5.82 Å². The van der Waals surface area contributed by atoms with Gasteiger partial charge >= 0.3 is 0 Å². The molecule has 128 valence electrons. The summed E-state index contributed by atoms with van der Waals surface area (Å²) in [6.07, 6.45) is 6.35. The molecule has 2 aliphatic rings. The SMILES string of the molecule is Cc1c(CN2C[C@H]3CC[C@@H](N(C)c4cccnn4)[C@H]3C2)cnn1C. The van der Waals surface area contributed by atoms with Gasteiger partial charge in [0.25, 0.3) is 0 Å². The highest BCUT2D eigenvalue weighted by Gasteiger charge is 2.44. The van der Waals surface area contributed by atoms with Crippen molar-refractivity contribution in [2.75, 3.05) is 25.0 Å². The predicted octanol–water partition coefficient (Wildman–Crippen LogP) is 1.87. The highest BCUT2D eigenvalue weighted by atomic mass is 15.3. The zero-order chi connectivity index (χ0) is 16.7. The average molecular weight is 326 g/mol. The van der Waals surface area contributed by atoms with Crippen molar-refractivity contribution in [3.8, 4) is 0 Å². The van der Waals surface area contributed by atoms with Crippen molar-refractivity contribution in [1.82, 2.24) is 24.9 Å². The standard InChI is InChI=1S/C18H26N6/c1-13-15(9-20-23(13)3)11-24-10-14-6-7-17(16(14)12-24)22(2)18-5-4-8-19-21-18/h4-5,8-9,14,16-17H,6-7,10-12H2,1-3H3/t14-,16+,17-/m1/s1. The van der Waals surface area contributed by atoms with Crippen molar-refractivity contribution in [3.63, 3.8) is 0 Å². The summed E-state index contributed by atoms with van der Waals surface area (Å²) in [5.74, 6) is 2.53. The number of hydrogen-bond donors (Lipinski definition) is 0. The highest BCUT2D eigenvalue weighted by Crippen LogP contribution is 2.41. The first-order chi connectivity index (χ1) is 11.6. The number of fused-ring (bicyclic) bond motifs is 1. The van der Waals surface area contributed by atoms with Gasteiger partial charge in [-0.15, -0.1) is 5.10 Å². The summed E-state index contributed by atoms with van der Waals surface area (Å²) in [6.45, 7) is 5.57. The summed E-state index contributed by atoms with van der Waals surface area (Å²) in [7, 11) is 4.19. The third-order valence-electron chi connectivity index (χ3n) is 6.04. The fourth-order valence-electron chi connectivity index (χ4n) is 4.53. The van der Waals surface area contributed by atoms with Gasteiger partial charge < -0.3 is 4.90 Å². The number of anilines is 1. The predicted molar refractivity (Wildman–Crippen MR) is 93.7 cm³/mol. The van der Waals surface area contributed by atoms with Crippen molar-refractivity contribution < 1.29 is 0 Å². The van der Waals surface area contributed by atoms with Crippen LogP contribution in [0.15, 0.2) is 24.5 Å². The molecule has 2 aromatic heterocycles. The maximum absolute atomic E-state index is 4.38. The molecule has 3 heterocycles. The van der Waals surface area contributed by atoms with E-state index in [2.05, 4.69) is 45.1 Å². The van der Waals surface area contributed by atoms with Gasteiger partial charge in [-0.25, -0.2) is 0 Å². The van der Waals surface area contributed by atoms with Gasteiger partial charge in [-0.3, -0.25) is 9.58 Å². The van der Waals surface area contributed by atoms with Crippen LogP contribution in [0.25, 0.3) is 0 Å². The second kappa shape index (κ2) is 6.16. The Bertz CT molecular complexity index is 697. The van der Waals surface area contributed by atoms with Crippen molar-refractivity contribution in [2.24, 2.45) is 18.9 Å². The van der Waals surface area contributed by atoms with E-state index in [0.29, 0.717) is 6.04 Å². The molecule has 2 aromatic rings. The van der Waals surface area contributed by atoms with Crippen molar-refractivity contribution in [2.45, 2.75) is 32.4 Å². The molecular formula is C18H26N6. The normalized spacial score (nSPS) is 26.7. The van der Waals surface area contributed by atoms with Crippen LogP contribution < -0.4 is 4.90 Å². The van der Waals surface area contributed by atoms with E-state index in [-0.39, 0.29) is 0 Å². The summed E-state index contributed by atoms with van der Waals surface area (Å²) < 4.78 is 1.97. The van der Waals surface area contributed by atoms with Gasteiger partial charge in [-0.1, -0.05) is 0 Å². The summed E-state index contributed by atoms with van der Waals surface area (Å²) in [4.78, 5) is 4.95. The smallest absolute Gasteiger partial charge is 0.151 e. The second-order valence-electron chi connectivity index (χ2n) is 7.33. The first kappa shape index (κ1) is 15.6. The molecule has 1 aliphatic heterocycles. The van der Waals surface area contributed by atoms with Crippen LogP contribution in [0.5, 0.6) is 0 Å². The number of hydrogen-bond acceptors (Lipinski definition) is 5.